The summed E-state index contributed by atoms with van der Waals surface area (Å²) >= 11 is 0. The molecule has 23 heavy (non-hydrogen) atoms. The molecule has 0 atom stereocenters. The standard InChI is InChI=1S/C18H19N5/c1-13-14(2)21-18(20-12-16-10-6-7-11-19-16)23-17(13)22-15-8-4-3-5-9-15/h3-11H,12H2,1-2H3,(H2,20,21,22,23). The first-order valence-electron chi connectivity index (χ1n) is 7.53. The van der Waals surface area contributed by atoms with Crippen molar-refractivity contribution in [1.82, 2.24) is 15.0 Å². The van der Waals surface area contributed by atoms with Gasteiger partial charge in [0.2, 0.25) is 5.95 Å². The van der Waals surface area contributed by atoms with Crippen LogP contribution in [0, 0.1) is 13.8 Å². The SMILES string of the molecule is Cc1nc(NCc2ccccn2)nc(Nc2ccccc2)c1C. The quantitative estimate of drug-likeness (QED) is 0.750. The molecule has 116 valence electrons. The van der Waals surface area contributed by atoms with Crippen molar-refractivity contribution in [2.24, 2.45) is 0 Å². The molecule has 0 saturated carbocycles. The molecule has 0 radical (unpaired) electrons. The largest absolute Gasteiger partial charge is 0.349 e. The minimum Gasteiger partial charge on any atom is -0.349 e. The van der Waals surface area contributed by atoms with E-state index in [0.29, 0.717) is 12.5 Å². The van der Waals surface area contributed by atoms with Crippen molar-refractivity contribution in [3.05, 3.63) is 71.7 Å². The number of nitrogens with zero attached hydrogens (tertiary/aromatic N) is 3. The average Bonchev–Trinajstić information content (AvgIpc) is 2.59. The predicted molar refractivity (Wildman–Crippen MR) is 92.8 cm³/mol. The van der Waals surface area contributed by atoms with Crippen molar-refractivity contribution in [2.75, 3.05) is 10.6 Å². The number of aromatic nitrogens is 3. The number of pyridine rings is 1. The topological polar surface area (TPSA) is 62.7 Å². The van der Waals surface area contributed by atoms with Crippen LogP contribution in [0.2, 0.25) is 0 Å². The van der Waals surface area contributed by atoms with Crippen molar-refractivity contribution >= 4 is 17.5 Å². The molecule has 0 amide bonds. The number of nitrogens with one attached hydrogen (secondary N) is 2. The Morgan fingerprint density at radius 1 is 0.913 bits per heavy atom. The van der Waals surface area contributed by atoms with E-state index in [2.05, 4.69) is 25.6 Å². The Morgan fingerprint density at radius 2 is 1.70 bits per heavy atom. The summed E-state index contributed by atoms with van der Waals surface area (Å²) in [6, 6.07) is 15.8. The molecule has 2 aromatic heterocycles. The maximum Gasteiger partial charge on any atom is 0.225 e. The second kappa shape index (κ2) is 6.87. The number of para-hydroxylation sites is 1. The summed E-state index contributed by atoms with van der Waals surface area (Å²) in [5.41, 5.74) is 3.94. The van der Waals surface area contributed by atoms with Crippen LogP contribution >= 0.6 is 0 Å². The van der Waals surface area contributed by atoms with Gasteiger partial charge in [0.1, 0.15) is 5.82 Å². The fraction of sp³-hybridized carbons (Fsp3) is 0.167. The first kappa shape index (κ1) is 15.0. The first-order valence-corrected chi connectivity index (χ1v) is 7.53. The maximum absolute atomic E-state index is 4.58. The highest BCUT2D eigenvalue weighted by Crippen LogP contribution is 2.21. The van der Waals surface area contributed by atoms with E-state index in [1.54, 1.807) is 6.20 Å². The van der Waals surface area contributed by atoms with Gasteiger partial charge in [-0.1, -0.05) is 24.3 Å². The Hall–Kier alpha value is -2.95. The van der Waals surface area contributed by atoms with E-state index in [1.165, 1.54) is 0 Å². The molecule has 1 aromatic carbocycles. The van der Waals surface area contributed by atoms with Gasteiger partial charge in [0.15, 0.2) is 0 Å². The minimum absolute atomic E-state index is 0.591. The van der Waals surface area contributed by atoms with E-state index < -0.39 is 0 Å². The zero-order valence-corrected chi connectivity index (χ0v) is 13.2. The van der Waals surface area contributed by atoms with E-state index in [1.807, 2.05) is 62.4 Å². The summed E-state index contributed by atoms with van der Waals surface area (Å²) in [6.07, 6.45) is 1.78. The molecule has 0 aliphatic carbocycles. The molecule has 0 spiro atoms. The maximum atomic E-state index is 4.58. The lowest BCUT2D eigenvalue weighted by Crippen LogP contribution is -2.09. The van der Waals surface area contributed by atoms with E-state index in [4.69, 9.17) is 0 Å². The second-order valence-corrected chi connectivity index (χ2v) is 5.27. The lowest BCUT2D eigenvalue weighted by molar-refractivity contribution is 0.982. The van der Waals surface area contributed by atoms with Crippen LogP contribution in [0.25, 0.3) is 0 Å². The number of aryl methyl sites for hydroxylation is 1. The van der Waals surface area contributed by atoms with Crippen molar-refractivity contribution in [3.63, 3.8) is 0 Å². The summed E-state index contributed by atoms with van der Waals surface area (Å²) in [4.78, 5) is 13.4. The third-order valence-corrected chi connectivity index (χ3v) is 3.58. The third kappa shape index (κ3) is 3.83. The van der Waals surface area contributed by atoms with Crippen LogP contribution in [0.1, 0.15) is 17.0 Å². The van der Waals surface area contributed by atoms with Gasteiger partial charge in [-0.05, 0) is 38.1 Å². The third-order valence-electron chi connectivity index (χ3n) is 3.58. The molecule has 0 fully saturated rings. The number of rotatable bonds is 5. The highest BCUT2D eigenvalue weighted by atomic mass is 15.1. The van der Waals surface area contributed by atoms with Gasteiger partial charge in [-0.25, -0.2) is 4.98 Å². The molecule has 0 bridgehead atoms. The van der Waals surface area contributed by atoms with Crippen LogP contribution in [0.4, 0.5) is 17.5 Å². The minimum atomic E-state index is 0.591. The van der Waals surface area contributed by atoms with Crippen molar-refractivity contribution in [1.29, 1.82) is 0 Å². The highest BCUT2D eigenvalue weighted by molar-refractivity contribution is 5.61. The molecular formula is C18H19N5. The first-order chi connectivity index (χ1) is 11.2. The fourth-order valence-electron chi connectivity index (χ4n) is 2.16. The van der Waals surface area contributed by atoms with Crippen LogP contribution in [0.5, 0.6) is 0 Å². The van der Waals surface area contributed by atoms with Gasteiger partial charge in [-0.2, -0.15) is 4.98 Å². The van der Waals surface area contributed by atoms with Crippen molar-refractivity contribution < 1.29 is 0 Å². The molecule has 3 aromatic rings. The van der Waals surface area contributed by atoms with E-state index in [9.17, 15) is 0 Å². The average molecular weight is 305 g/mol. The summed E-state index contributed by atoms with van der Waals surface area (Å²) in [5.74, 6) is 1.41. The van der Waals surface area contributed by atoms with E-state index in [0.717, 1.165) is 28.5 Å². The predicted octanol–water partition coefficient (Wildman–Crippen LogP) is 3.84. The Labute approximate surface area is 135 Å². The highest BCUT2D eigenvalue weighted by Gasteiger charge is 2.08. The van der Waals surface area contributed by atoms with Gasteiger partial charge in [-0.3, -0.25) is 4.98 Å². The van der Waals surface area contributed by atoms with Crippen molar-refractivity contribution in [2.45, 2.75) is 20.4 Å². The second-order valence-electron chi connectivity index (χ2n) is 5.27. The van der Waals surface area contributed by atoms with Crippen molar-refractivity contribution in [3.8, 4) is 0 Å². The Morgan fingerprint density at radius 3 is 2.43 bits per heavy atom. The van der Waals surface area contributed by atoms with E-state index >= 15 is 0 Å². The van der Waals surface area contributed by atoms with Gasteiger partial charge < -0.3 is 10.6 Å². The fourth-order valence-corrected chi connectivity index (χ4v) is 2.16. The number of anilines is 3. The summed E-state index contributed by atoms with van der Waals surface area (Å²) in [5, 5.41) is 6.58. The van der Waals surface area contributed by atoms with Gasteiger partial charge in [0.25, 0.3) is 0 Å². The molecule has 2 heterocycles. The molecule has 5 heteroatoms. The van der Waals surface area contributed by atoms with Crippen LogP contribution < -0.4 is 10.6 Å². The monoisotopic (exact) mass is 305 g/mol. The molecular weight excluding hydrogens is 286 g/mol. The van der Waals surface area contributed by atoms with Gasteiger partial charge in [-0.15, -0.1) is 0 Å². The molecule has 0 unspecified atom stereocenters. The summed E-state index contributed by atoms with van der Waals surface area (Å²) < 4.78 is 0. The van der Waals surface area contributed by atoms with Crippen LogP contribution in [0.15, 0.2) is 54.7 Å². The number of benzene rings is 1. The Kier molecular flexibility index (Phi) is 4.47. The van der Waals surface area contributed by atoms with Gasteiger partial charge in [0, 0.05) is 23.1 Å². The van der Waals surface area contributed by atoms with E-state index in [-0.39, 0.29) is 0 Å². The Bertz CT molecular complexity index is 772. The molecule has 3 rings (SSSR count). The number of hydrogen-bond donors (Lipinski definition) is 2. The molecule has 0 aliphatic rings. The van der Waals surface area contributed by atoms with Gasteiger partial charge in [0.05, 0.1) is 12.2 Å². The molecule has 5 nitrogen and oxygen atoms in total. The molecule has 0 aliphatic heterocycles. The lowest BCUT2D eigenvalue weighted by atomic mass is 10.2. The Balaban J connectivity index is 1.79. The van der Waals surface area contributed by atoms with Crippen LogP contribution in [-0.2, 0) is 6.54 Å². The summed E-state index contributed by atoms with van der Waals surface area (Å²) in [7, 11) is 0. The normalized spacial score (nSPS) is 10.3. The number of hydrogen-bond acceptors (Lipinski definition) is 5. The summed E-state index contributed by atoms with van der Waals surface area (Å²) in [6.45, 7) is 4.59. The zero-order chi connectivity index (χ0) is 16.1. The van der Waals surface area contributed by atoms with Crippen LogP contribution in [-0.4, -0.2) is 15.0 Å². The molecule has 0 saturated heterocycles. The zero-order valence-electron chi connectivity index (χ0n) is 13.2. The van der Waals surface area contributed by atoms with Gasteiger partial charge >= 0.3 is 0 Å². The lowest BCUT2D eigenvalue weighted by Gasteiger charge is -2.13. The van der Waals surface area contributed by atoms with Crippen LogP contribution in [0.3, 0.4) is 0 Å². The smallest absolute Gasteiger partial charge is 0.225 e. The molecule has 2 N–H and O–H groups in total.